The lowest BCUT2D eigenvalue weighted by molar-refractivity contribution is -0.117. The van der Waals surface area contributed by atoms with Crippen LogP contribution in [0.25, 0.3) is 0 Å². The Bertz CT molecular complexity index is 592. The molecule has 0 aliphatic heterocycles. The van der Waals surface area contributed by atoms with Crippen LogP contribution in [0.1, 0.15) is 22.3 Å². The highest BCUT2D eigenvalue weighted by molar-refractivity contribution is 6.42. The van der Waals surface area contributed by atoms with Crippen LogP contribution in [0.15, 0.2) is 36.4 Å². The predicted octanol–water partition coefficient (Wildman–Crippen LogP) is 4.96. The highest BCUT2D eigenvalue weighted by atomic mass is 35.5. The number of aryl methyl sites for hydroxylation is 2. The molecule has 0 fully saturated rings. The highest BCUT2D eigenvalue weighted by Gasteiger charge is 2.08. The van der Waals surface area contributed by atoms with Gasteiger partial charge in [0.25, 0.3) is 0 Å². The van der Waals surface area contributed by atoms with E-state index in [4.69, 9.17) is 23.2 Å². The molecule has 0 aliphatic carbocycles. The van der Waals surface area contributed by atoms with Crippen molar-refractivity contribution in [2.45, 2.75) is 26.7 Å². The Labute approximate surface area is 129 Å². The number of hydrogen-bond donors (Lipinski definition) is 0. The largest absolute Gasteiger partial charge is 0.299 e. The van der Waals surface area contributed by atoms with E-state index >= 15 is 0 Å². The van der Waals surface area contributed by atoms with Crippen LogP contribution < -0.4 is 0 Å². The number of carbonyl (C=O) groups excluding carboxylic acids is 1. The lowest BCUT2D eigenvalue weighted by Crippen LogP contribution is -2.07. The van der Waals surface area contributed by atoms with Gasteiger partial charge >= 0.3 is 0 Å². The predicted molar refractivity (Wildman–Crippen MR) is 84.8 cm³/mol. The standard InChI is InChI=1S/C17H16Cl2O/c1-11-3-4-13(7-12(11)2)8-15(20)9-14-5-6-16(18)17(19)10-14/h3-7,10H,8-9H2,1-2H3. The van der Waals surface area contributed by atoms with E-state index in [0.717, 1.165) is 11.1 Å². The van der Waals surface area contributed by atoms with Crippen LogP contribution in [0.2, 0.25) is 10.0 Å². The summed E-state index contributed by atoms with van der Waals surface area (Å²) < 4.78 is 0. The maximum absolute atomic E-state index is 12.1. The molecule has 0 aliphatic rings. The maximum atomic E-state index is 12.1. The average Bonchev–Trinajstić information content (AvgIpc) is 2.38. The second kappa shape index (κ2) is 6.43. The van der Waals surface area contributed by atoms with Crippen molar-refractivity contribution in [3.8, 4) is 0 Å². The molecule has 2 rings (SSSR count). The van der Waals surface area contributed by atoms with Gasteiger partial charge in [-0.15, -0.1) is 0 Å². The molecule has 0 saturated carbocycles. The monoisotopic (exact) mass is 306 g/mol. The van der Waals surface area contributed by atoms with E-state index in [2.05, 4.69) is 26.0 Å². The molecule has 2 aromatic carbocycles. The first-order valence-electron chi connectivity index (χ1n) is 6.47. The molecule has 1 nitrogen and oxygen atoms in total. The zero-order chi connectivity index (χ0) is 14.7. The van der Waals surface area contributed by atoms with E-state index in [1.54, 1.807) is 12.1 Å². The van der Waals surface area contributed by atoms with Crippen molar-refractivity contribution in [1.29, 1.82) is 0 Å². The lowest BCUT2D eigenvalue weighted by Gasteiger charge is -2.06. The van der Waals surface area contributed by atoms with Crippen LogP contribution in [-0.2, 0) is 17.6 Å². The summed E-state index contributed by atoms with van der Waals surface area (Å²) in [6, 6.07) is 11.4. The molecule has 2 aromatic rings. The second-order valence-corrected chi connectivity index (χ2v) is 5.87. The molecular formula is C17H16Cl2O. The lowest BCUT2D eigenvalue weighted by atomic mass is 10.00. The van der Waals surface area contributed by atoms with Gasteiger partial charge in [-0.1, -0.05) is 47.5 Å². The van der Waals surface area contributed by atoms with Crippen molar-refractivity contribution in [2.24, 2.45) is 0 Å². The first-order valence-corrected chi connectivity index (χ1v) is 7.23. The van der Waals surface area contributed by atoms with E-state index in [0.29, 0.717) is 22.9 Å². The van der Waals surface area contributed by atoms with Gasteiger partial charge in [-0.2, -0.15) is 0 Å². The van der Waals surface area contributed by atoms with Crippen molar-refractivity contribution in [2.75, 3.05) is 0 Å². The minimum atomic E-state index is 0.173. The topological polar surface area (TPSA) is 17.1 Å². The third-order valence-corrected chi connectivity index (χ3v) is 4.10. The van der Waals surface area contributed by atoms with Crippen LogP contribution in [0, 0.1) is 13.8 Å². The van der Waals surface area contributed by atoms with E-state index in [1.807, 2.05) is 12.1 Å². The minimum Gasteiger partial charge on any atom is -0.299 e. The maximum Gasteiger partial charge on any atom is 0.141 e. The molecule has 0 atom stereocenters. The first kappa shape index (κ1) is 15.1. The van der Waals surface area contributed by atoms with Gasteiger partial charge in [-0.3, -0.25) is 4.79 Å². The van der Waals surface area contributed by atoms with E-state index < -0.39 is 0 Å². The van der Waals surface area contributed by atoms with Crippen LogP contribution >= 0.6 is 23.2 Å². The molecule has 0 heterocycles. The molecular weight excluding hydrogens is 291 g/mol. The van der Waals surface area contributed by atoms with Gasteiger partial charge in [-0.25, -0.2) is 0 Å². The average molecular weight is 307 g/mol. The van der Waals surface area contributed by atoms with Crippen molar-refractivity contribution < 1.29 is 4.79 Å². The Balaban J connectivity index is 2.04. The zero-order valence-corrected chi connectivity index (χ0v) is 13.1. The van der Waals surface area contributed by atoms with Crippen LogP contribution in [-0.4, -0.2) is 5.78 Å². The number of halogens is 2. The molecule has 0 aromatic heterocycles. The van der Waals surface area contributed by atoms with Gasteiger partial charge in [0.15, 0.2) is 0 Å². The van der Waals surface area contributed by atoms with Gasteiger partial charge in [0.05, 0.1) is 10.0 Å². The third-order valence-electron chi connectivity index (χ3n) is 3.36. The van der Waals surface area contributed by atoms with Gasteiger partial charge in [0.1, 0.15) is 5.78 Å². The second-order valence-electron chi connectivity index (χ2n) is 5.06. The SMILES string of the molecule is Cc1ccc(CC(=O)Cc2ccc(Cl)c(Cl)c2)cc1C. The van der Waals surface area contributed by atoms with E-state index in [-0.39, 0.29) is 5.78 Å². The molecule has 0 amide bonds. The smallest absolute Gasteiger partial charge is 0.141 e. The van der Waals surface area contributed by atoms with Crippen molar-refractivity contribution in [3.63, 3.8) is 0 Å². The summed E-state index contributed by atoms with van der Waals surface area (Å²) in [5, 5.41) is 1.00. The third kappa shape index (κ3) is 3.84. The normalized spacial score (nSPS) is 10.6. The fourth-order valence-electron chi connectivity index (χ4n) is 2.08. The molecule has 0 unspecified atom stereocenters. The Kier molecular flexibility index (Phi) is 4.85. The van der Waals surface area contributed by atoms with Gasteiger partial charge in [-0.05, 0) is 48.2 Å². The molecule has 0 saturated heterocycles. The Morgan fingerprint density at radius 3 is 2.05 bits per heavy atom. The quantitative estimate of drug-likeness (QED) is 0.780. The molecule has 0 bridgehead atoms. The number of rotatable bonds is 4. The zero-order valence-electron chi connectivity index (χ0n) is 11.5. The number of ketones is 1. The number of hydrogen-bond acceptors (Lipinski definition) is 1. The first-order chi connectivity index (χ1) is 9.45. The summed E-state index contributed by atoms with van der Waals surface area (Å²) in [6.45, 7) is 4.12. The molecule has 0 radical (unpaired) electrons. The van der Waals surface area contributed by atoms with Gasteiger partial charge in [0, 0.05) is 12.8 Å². The number of carbonyl (C=O) groups is 1. The van der Waals surface area contributed by atoms with Crippen molar-refractivity contribution >= 4 is 29.0 Å². The van der Waals surface area contributed by atoms with Gasteiger partial charge in [0.2, 0.25) is 0 Å². The highest BCUT2D eigenvalue weighted by Crippen LogP contribution is 2.23. The molecule has 104 valence electrons. The summed E-state index contributed by atoms with van der Waals surface area (Å²) in [7, 11) is 0. The summed E-state index contributed by atoms with van der Waals surface area (Å²) in [5.74, 6) is 0.173. The summed E-state index contributed by atoms with van der Waals surface area (Å²) >= 11 is 11.8. The van der Waals surface area contributed by atoms with Crippen molar-refractivity contribution in [3.05, 3.63) is 68.7 Å². The van der Waals surface area contributed by atoms with E-state index in [1.165, 1.54) is 11.1 Å². The summed E-state index contributed by atoms with van der Waals surface area (Å²) in [5.41, 5.74) is 4.40. The molecule has 3 heteroatoms. The fraction of sp³-hybridized carbons (Fsp3) is 0.235. The minimum absolute atomic E-state index is 0.173. The fourth-order valence-corrected chi connectivity index (χ4v) is 2.40. The van der Waals surface area contributed by atoms with Crippen molar-refractivity contribution in [1.82, 2.24) is 0 Å². The molecule has 0 N–H and O–H groups in total. The van der Waals surface area contributed by atoms with Crippen LogP contribution in [0.5, 0.6) is 0 Å². The Hall–Kier alpha value is -1.31. The van der Waals surface area contributed by atoms with Crippen LogP contribution in [0.3, 0.4) is 0 Å². The van der Waals surface area contributed by atoms with E-state index in [9.17, 15) is 4.79 Å². The van der Waals surface area contributed by atoms with Gasteiger partial charge < -0.3 is 0 Å². The summed E-state index contributed by atoms with van der Waals surface area (Å²) in [4.78, 5) is 12.1. The number of benzene rings is 2. The number of Topliss-reactive ketones (excluding diaryl/α,β-unsaturated/α-hetero) is 1. The van der Waals surface area contributed by atoms with Crippen LogP contribution in [0.4, 0.5) is 0 Å². The molecule has 20 heavy (non-hydrogen) atoms. The molecule has 0 spiro atoms. The Morgan fingerprint density at radius 1 is 0.850 bits per heavy atom. The Morgan fingerprint density at radius 2 is 1.45 bits per heavy atom. The summed E-state index contributed by atoms with van der Waals surface area (Å²) in [6.07, 6.45) is 0.825.